The van der Waals surface area contributed by atoms with Crippen molar-refractivity contribution in [3.8, 4) is 0 Å². The van der Waals surface area contributed by atoms with Crippen LogP contribution in [-0.2, 0) is 10.6 Å². The summed E-state index contributed by atoms with van der Waals surface area (Å²) < 4.78 is 5.65. The lowest BCUT2D eigenvalue weighted by Gasteiger charge is -2.26. The van der Waals surface area contributed by atoms with E-state index in [1.807, 2.05) is 12.1 Å². The standard InChI is InChI=1S/C13H17Cl2NO/c1-10-9-16(5-2-6-17-10)13-4-3-12(15)7-11(13)8-14/h3-4,7,10H,2,5-6,8-9H2,1H3. The molecule has 1 fully saturated rings. The minimum atomic E-state index is 0.261. The summed E-state index contributed by atoms with van der Waals surface area (Å²) in [6, 6.07) is 5.92. The first-order valence-corrected chi connectivity index (χ1v) is 6.83. The zero-order chi connectivity index (χ0) is 12.3. The van der Waals surface area contributed by atoms with E-state index < -0.39 is 0 Å². The first-order chi connectivity index (χ1) is 8.20. The van der Waals surface area contributed by atoms with E-state index >= 15 is 0 Å². The fourth-order valence-corrected chi connectivity index (χ4v) is 2.59. The first-order valence-electron chi connectivity index (χ1n) is 5.91. The highest BCUT2D eigenvalue weighted by Crippen LogP contribution is 2.27. The van der Waals surface area contributed by atoms with E-state index in [4.69, 9.17) is 27.9 Å². The van der Waals surface area contributed by atoms with Crippen LogP contribution in [0.3, 0.4) is 0 Å². The summed E-state index contributed by atoms with van der Waals surface area (Å²) in [6.45, 7) is 4.86. The van der Waals surface area contributed by atoms with E-state index in [9.17, 15) is 0 Å². The van der Waals surface area contributed by atoms with Crippen LogP contribution in [0.1, 0.15) is 18.9 Å². The number of benzene rings is 1. The van der Waals surface area contributed by atoms with E-state index in [1.165, 1.54) is 5.69 Å². The van der Waals surface area contributed by atoms with Crippen molar-refractivity contribution in [3.05, 3.63) is 28.8 Å². The number of halogens is 2. The van der Waals surface area contributed by atoms with Crippen molar-refractivity contribution in [2.75, 3.05) is 24.6 Å². The topological polar surface area (TPSA) is 12.5 Å². The molecule has 1 aromatic carbocycles. The van der Waals surface area contributed by atoms with Gasteiger partial charge in [-0.1, -0.05) is 11.6 Å². The van der Waals surface area contributed by atoms with Crippen molar-refractivity contribution in [1.29, 1.82) is 0 Å². The molecule has 2 nitrogen and oxygen atoms in total. The van der Waals surface area contributed by atoms with Gasteiger partial charge in [0.15, 0.2) is 0 Å². The Morgan fingerprint density at radius 3 is 3.06 bits per heavy atom. The lowest BCUT2D eigenvalue weighted by molar-refractivity contribution is 0.0821. The van der Waals surface area contributed by atoms with Crippen LogP contribution in [0, 0.1) is 0 Å². The van der Waals surface area contributed by atoms with Gasteiger partial charge in [-0.05, 0) is 37.1 Å². The molecule has 0 aromatic heterocycles. The summed E-state index contributed by atoms with van der Waals surface area (Å²) in [5.41, 5.74) is 2.27. The first kappa shape index (κ1) is 13.0. The van der Waals surface area contributed by atoms with Gasteiger partial charge >= 0.3 is 0 Å². The van der Waals surface area contributed by atoms with Crippen LogP contribution >= 0.6 is 23.2 Å². The van der Waals surface area contributed by atoms with Crippen molar-refractivity contribution in [2.45, 2.75) is 25.3 Å². The highest BCUT2D eigenvalue weighted by molar-refractivity contribution is 6.30. The van der Waals surface area contributed by atoms with Gasteiger partial charge in [-0.15, -0.1) is 11.6 Å². The summed E-state index contributed by atoms with van der Waals surface area (Å²) in [7, 11) is 0. The molecule has 0 radical (unpaired) electrons. The Hall–Kier alpha value is -0.440. The Morgan fingerprint density at radius 2 is 2.29 bits per heavy atom. The molecule has 1 heterocycles. The number of ether oxygens (including phenoxy) is 1. The molecule has 0 aliphatic carbocycles. The molecule has 0 spiro atoms. The molecule has 0 bridgehead atoms. The molecule has 1 atom stereocenters. The third-order valence-corrected chi connectivity index (χ3v) is 3.50. The second kappa shape index (κ2) is 5.94. The SMILES string of the molecule is CC1CN(c2ccc(Cl)cc2CCl)CCCO1. The fourth-order valence-electron chi connectivity index (χ4n) is 2.18. The molecule has 1 aromatic rings. The Balaban J connectivity index is 2.25. The Bertz CT molecular complexity index is 384. The molecule has 1 unspecified atom stereocenters. The monoisotopic (exact) mass is 273 g/mol. The molecule has 0 amide bonds. The van der Waals surface area contributed by atoms with E-state index in [0.717, 1.165) is 36.7 Å². The highest BCUT2D eigenvalue weighted by atomic mass is 35.5. The number of hydrogen-bond donors (Lipinski definition) is 0. The quantitative estimate of drug-likeness (QED) is 0.762. The van der Waals surface area contributed by atoms with Gasteiger partial charge in [0.05, 0.1) is 6.10 Å². The molecule has 94 valence electrons. The Morgan fingerprint density at radius 1 is 1.47 bits per heavy atom. The van der Waals surface area contributed by atoms with E-state index in [2.05, 4.69) is 17.9 Å². The van der Waals surface area contributed by atoms with Crippen molar-refractivity contribution in [1.82, 2.24) is 0 Å². The molecule has 1 aliphatic rings. The van der Waals surface area contributed by atoms with Crippen LogP contribution < -0.4 is 4.90 Å². The number of hydrogen-bond acceptors (Lipinski definition) is 2. The average molecular weight is 274 g/mol. The summed E-state index contributed by atoms with van der Waals surface area (Å²) in [5.74, 6) is 0.488. The van der Waals surface area contributed by atoms with Crippen molar-refractivity contribution < 1.29 is 4.74 Å². The van der Waals surface area contributed by atoms with Crippen LogP contribution in [0.4, 0.5) is 5.69 Å². The molecule has 4 heteroatoms. The van der Waals surface area contributed by atoms with Gasteiger partial charge in [-0.2, -0.15) is 0 Å². The van der Waals surface area contributed by atoms with Gasteiger partial charge in [0.2, 0.25) is 0 Å². The summed E-state index contributed by atoms with van der Waals surface area (Å²) in [5, 5.41) is 0.739. The fraction of sp³-hybridized carbons (Fsp3) is 0.538. The third-order valence-electron chi connectivity index (χ3n) is 2.98. The zero-order valence-corrected chi connectivity index (χ0v) is 11.5. The Labute approximate surface area is 112 Å². The van der Waals surface area contributed by atoms with Crippen LogP contribution in [0.5, 0.6) is 0 Å². The van der Waals surface area contributed by atoms with Gasteiger partial charge in [-0.25, -0.2) is 0 Å². The van der Waals surface area contributed by atoms with E-state index in [-0.39, 0.29) is 6.10 Å². The molecular formula is C13H17Cl2NO. The molecule has 0 saturated carbocycles. The molecule has 17 heavy (non-hydrogen) atoms. The largest absolute Gasteiger partial charge is 0.377 e. The van der Waals surface area contributed by atoms with Gasteiger partial charge in [0.25, 0.3) is 0 Å². The van der Waals surface area contributed by atoms with Crippen LogP contribution in [0.15, 0.2) is 18.2 Å². The van der Waals surface area contributed by atoms with Crippen molar-refractivity contribution in [2.24, 2.45) is 0 Å². The number of nitrogens with zero attached hydrogens (tertiary/aromatic N) is 1. The maximum Gasteiger partial charge on any atom is 0.0721 e. The second-order valence-electron chi connectivity index (χ2n) is 4.39. The maximum absolute atomic E-state index is 5.99. The zero-order valence-electron chi connectivity index (χ0n) is 9.96. The molecule has 0 N–H and O–H groups in total. The predicted octanol–water partition coefficient (Wildman–Crippen LogP) is 3.69. The average Bonchev–Trinajstić information content (AvgIpc) is 2.53. The third kappa shape index (κ3) is 3.27. The smallest absolute Gasteiger partial charge is 0.0721 e. The number of rotatable bonds is 2. The van der Waals surface area contributed by atoms with Gasteiger partial charge < -0.3 is 9.64 Å². The molecule has 2 rings (SSSR count). The van der Waals surface area contributed by atoms with Crippen LogP contribution in [0.25, 0.3) is 0 Å². The molecule has 1 saturated heterocycles. The van der Waals surface area contributed by atoms with Crippen LogP contribution in [-0.4, -0.2) is 25.8 Å². The second-order valence-corrected chi connectivity index (χ2v) is 5.09. The van der Waals surface area contributed by atoms with Crippen molar-refractivity contribution >= 4 is 28.9 Å². The van der Waals surface area contributed by atoms with E-state index in [0.29, 0.717) is 5.88 Å². The highest BCUT2D eigenvalue weighted by Gasteiger charge is 2.17. The maximum atomic E-state index is 5.99. The lowest BCUT2D eigenvalue weighted by Crippen LogP contribution is -2.30. The van der Waals surface area contributed by atoms with Crippen LogP contribution in [0.2, 0.25) is 5.02 Å². The minimum absolute atomic E-state index is 0.261. The van der Waals surface area contributed by atoms with E-state index in [1.54, 1.807) is 0 Å². The predicted molar refractivity (Wildman–Crippen MR) is 73.3 cm³/mol. The number of alkyl halides is 1. The summed E-state index contributed by atoms with van der Waals surface area (Å²) in [6.07, 6.45) is 1.31. The van der Waals surface area contributed by atoms with Gasteiger partial charge in [0, 0.05) is 36.3 Å². The van der Waals surface area contributed by atoms with Gasteiger partial charge in [0.1, 0.15) is 0 Å². The number of anilines is 1. The Kier molecular flexibility index (Phi) is 4.55. The molecular weight excluding hydrogens is 257 g/mol. The summed E-state index contributed by atoms with van der Waals surface area (Å²) >= 11 is 12.0. The van der Waals surface area contributed by atoms with Crippen molar-refractivity contribution in [3.63, 3.8) is 0 Å². The van der Waals surface area contributed by atoms with Gasteiger partial charge in [-0.3, -0.25) is 0 Å². The lowest BCUT2D eigenvalue weighted by atomic mass is 10.1. The summed E-state index contributed by atoms with van der Waals surface area (Å²) in [4.78, 5) is 2.34. The minimum Gasteiger partial charge on any atom is -0.377 e. The molecule has 1 aliphatic heterocycles. The normalized spacial score (nSPS) is 21.4.